The summed E-state index contributed by atoms with van der Waals surface area (Å²) in [5.41, 5.74) is 3.06. The van der Waals surface area contributed by atoms with Crippen LogP contribution in [0, 0.1) is 0 Å². The predicted molar refractivity (Wildman–Crippen MR) is 156 cm³/mol. The predicted octanol–water partition coefficient (Wildman–Crippen LogP) is 6.12. The van der Waals surface area contributed by atoms with Crippen molar-refractivity contribution in [2.75, 3.05) is 32.0 Å². The second-order valence-electron chi connectivity index (χ2n) is 9.05. The average molecular weight is 596 g/mol. The third-order valence-corrected chi connectivity index (χ3v) is 7.18. The number of carbonyl (C=O) groups is 1. The molecular formula is C29H27Cl2N5O5. The molecule has 0 radical (unpaired) electrons. The molecule has 1 aromatic heterocycles. The van der Waals surface area contributed by atoms with Crippen LogP contribution in [0.15, 0.2) is 72.2 Å². The van der Waals surface area contributed by atoms with E-state index in [2.05, 4.69) is 20.7 Å². The average Bonchev–Trinajstić information content (AvgIpc) is 3.44. The number of ether oxygens (including phenoxy) is 4. The van der Waals surface area contributed by atoms with Crippen LogP contribution in [-0.2, 0) is 11.4 Å². The largest absolute Gasteiger partial charge is 0.497 e. The summed E-state index contributed by atoms with van der Waals surface area (Å²) in [7, 11) is 4.64. The molecule has 212 valence electrons. The number of amides is 1. The van der Waals surface area contributed by atoms with Crippen LogP contribution in [0.25, 0.3) is 0 Å². The maximum absolute atomic E-state index is 13.8. The van der Waals surface area contributed by atoms with Crippen molar-refractivity contribution in [1.29, 1.82) is 0 Å². The number of nitrogens with zero attached hydrogens (tertiary/aromatic N) is 3. The van der Waals surface area contributed by atoms with E-state index in [-0.39, 0.29) is 12.5 Å². The van der Waals surface area contributed by atoms with E-state index in [0.717, 1.165) is 11.1 Å². The third-order valence-electron chi connectivity index (χ3n) is 6.60. The molecule has 1 aliphatic rings. The van der Waals surface area contributed by atoms with Crippen LogP contribution in [0.3, 0.4) is 0 Å². The minimum absolute atomic E-state index is 0.211. The topological polar surface area (TPSA) is 109 Å². The fraction of sp³-hybridized carbons (Fsp3) is 0.207. The van der Waals surface area contributed by atoms with Crippen molar-refractivity contribution in [2.45, 2.75) is 19.6 Å². The van der Waals surface area contributed by atoms with Crippen molar-refractivity contribution in [1.82, 2.24) is 14.8 Å². The van der Waals surface area contributed by atoms with E-state index in [1.165, 1.54) is 13.4 Å². The lowest BCUT2D eigenvalue weighted by atomic mass is 9.94. The molecule has 41 heavy (non-hydrogen) atoms. The van der Waals surface area contributed by atoms with Gasteiger partial charge >= 0.3 is 0 Å². The van der Waals surface area contributed by atoms with Gasteiger partial charge in [-0.1, -0.05) is 35.3 Å². The molecule has 2 N–H and O–H groups in total. The number of rotatable bonds is 9. The monoisotopic (exact) mass is 595 g/mol. The van der Waals surface area contributed by atoms with Gasteiger partial charge in [-0.25, -0.2) is 4.68 Å². The van der Waals surface area contributed by atoms with Crippen molar-refractivity contribution in [2.24, 2.45) is 0 Å². The number of fused-ring (bicyclic) bond motifs is 1. The Labute approximate surface area is 246 Å². The highest BCUT2D eigenvalue weighted by Crippen LogP contribution is 2.40. The third kappa shape index (κ3) is 5.75. The first-order chi connectivity index (χ1) is 19.8. The molecule has 0 bridgehead atoms. The number of carbonyl (C=O) groups excluding carboxylic acids is 1. The summed E-state index contributed by atoms with van der Waals surface area (Å²) < 4.78 is 24.1. The number of halogens is 2. The molecule has 0 saturated carbocycles. The van der Waals surface area contributed by atoms with Gasteiger partial charge in [0.1, 0.15) is 30.5 Å². The highest BCUT2D eigenvalue weighted by molar-refractivity contribution is 6.35. The van der Waals surface area contributed by atoms with Gasteiger partial charge < -0.3 is 29.6 Å². The number of benzene rings is 3. The van der Waals surface area contributed by atoms with E-state index in [9.17, 15) is 4.79 Å². The Balaban J connectivity index is 1.47. The molecule has 3 aromatic carbocycles. The SMILES string of the molecule is COc1ccc(NC(=O)C2=C(C)Nc3ncnn3[C@H]2c2ccc(OCc3ccc(Cl)cc3Cl)c(OC)c2)c(OC)c1. The number of anilines is 2. The van der Waals surface area contributed by atoms with Gasteiger partial charge in [0.05, 0.1) is 32.6 Å². The maximum Gasteiger partial charge on any atom is 0.255 e. The van der Waals surface area contributed by atoms with Gasteiger partial charge in [-0.2, -0.15) is 10.1 Å². The van der Waals surface area contributed by atoms with Crippen LogP contribution < -0.4 is 29.6 Å². The van der Waals surface area contributed by atoms with Crippen molar-refractivity contribution in [3.05, 3.63) is 93.4 Å². The second kappa shape index (κ2) is 12.0. The summed E-state index contributed by atoms with van der Waals surface area (Å²) in [6.45, 7) is 2.03. The minimum Gasteiger partial charge on any atom is -0.497 e. The van der Waals surface area contributed by atoms with E-state index in [1.54, 1.807) is 55.3 Å². The fourth-order valence-electron chi connectivity index (χ4n) is 4.55. The molecule has 0 saturated heterocycles. The number of nitrogens with one attached hydrogen (secondary N) is 2. The number of allylic oxidation sites excluding steroid dienone is 1. The number of hydrogen-bond acceptors (Lipinski definition) is 8. The summed E-state index contributed by atoms with van der Waals surface area (Å²) in [5, 5.41) is 11.6. The summed E-state index contributed by atoms with van der Waals surface area (Å²) in [6.07, 6.45) is 1.43. The number of aromatic nitrogens is 3. The first kappa shape index (κ1) is 28.1. The molecule has 1 aliphatic heterocycles. The van der Waals surface area contributed by atoms with Gasteiger partial charge in [-0.3, -0.25) is 4.79 Å². The van der Waals surface area contributed by atoms with Gasteiger partial charge in [0.15, 0.2) is 11.5 Å². The molecule has 0 aliphatic carbocycles. The van der Waals surface area contributed by atoms with E-state index in [4.69, 9.17) is 42.1 Å². The smallest absolute Gasteiger partial charge is 0.255 e. The molecule has 0 spiro atoms. The van der Waals surface area contributed by atoms with Crippen LogP contribution in [0.2, 0.25) is 10.0 Å². The number of methoxy groups -OCH3 is 3. The zero-order valence-electron chi connectivity index (χ0n) is 22.7. The Bertz CT molecular complexity index is 1640. The van der Waals surface area contributed by atoms with E-state index >= 15 is 0 Å². The van der Waals surface area contributed by atoms with Gasteiger partial charge in [-0.15, -0.1) is 0 Å². The number of hydrogen-bond donors (Lipinski definition) is 2. The zero-order chi connectivity index (χ0) is 29.1. The molecule has 10 nitrogen and oxygen atoms in total. The normalized spacial score (nSPS) is 14.1. The van der Waals surface area contributed by atoms with Crippen LogP contribution in [0.5, 0.6) is 23.0 Å². The first-order valence-electron chi connectivity index (χ1n) is 12.5. The molecule has 1 atom stereocenters. The Morgan fingerprint density at radius 1 is 0.976 bits per heavy atom. The van der Waals surface area contributed by atoms with Crippen molar-refractivity contribution < 1.29 is 23.7 Å². The Morgan fingerprint density at radius 3 is 2.51 bits per heavy atom. The van der Waals surface area contributed by atoms with Gasteiger partial charge in [0, 0.05) is 27.4 Å². The zero-order valence-corrected chi connectivity index (χ0v) is 24.2. The highest BCUT2D eigenvalue weighted by Gasteiger charge is 2.34. The van der Waals surface area contributed by atoms with Crippen LogP contribution in [0.1, 0.15) is 24.1 Å². The van der Waals surface area contributed by atoms with E-state index in [1.807, 2.05) is 25.1 Å². The standard InChI is InChI=1S/C29H27Cl2N5O5/c1-16-26(28(37)35-22-9-8-20(38-2)13-24(22)39-3)27(36-29(34-16)32-15-33-36)17-6-10-23(25(11-17)40-4)41-14-18-5-7-19(30)12-21(18)31/h5-13,15,27H,14H2,1-4H3,(H,35,37)(H,32,33,34)/t27-/m0/s1. The lowest BCUT2D eigenvalue weighted by Crippen LogP contribution is -2.31. The molecule has 4 aromatic rings. The van der Waals surface area contributed by atoms with Gasteiger partial charge in [-0.05, 0) is 48.9 Å². The minimum atomic E-state index is -0.619. The fourth-order valence-corrected chi connectivity index (χ4v) is 5.02. The molecule has 2 heterocycles. The Kier molecular flexibility index (Phi) is 8.23. The molecule has 1 amide bonds. The summed E-state index contributed by atoms with van der Waals surface area (Å²) in [4.78, 5) is 18.1. The quantitative estimate of drug-likeness (QED) is 0.238. The second-order valence-corrected chi connectivity index (χ2v) is 9.89. The Morgan fingerprint density at radius 2 is 1.78 bits per heavy atom. The summed E-state index contributed by atoms with van der Waals surface area (Å²) in [5.74, 6) is 2.20. The van der Waals surface area contributed by atoms with Crippen molar-refractivity contribution in [3.8, 4) is 23.0 Å². The molecule has 0 unspecified atom stereocenters. The van der Waals surface area contributed by atoms with Gasteiger partial charge in [0.2, 0.25) is 5.95 Å². The molecule has 12 heteroatoms. The molecular weight excluding hydrogens is 569 g/mol. The first-order valence-corrected chi connectivity index (χ1v) is 13.2. The van der Waals surface area contributed by atoms with Crippen LogP contribution in [-0.4, -0.2) is 42.0 Å². The van der Waals surface area contributed by atoms with Crippen molar-refractivity contribution in [3.63, 3.8) is 0 Å². The van der Waals surface area contributed by atoms with Gasteiger partial charge in [0.25, 0.3) is 5.91 Å². The summed E-state index contributed by atoms with van der Waals surface area (Å²) in [6, 6.07) is 15.2. The van der Waals surface area contributed by atoms with Crippen LogP contribution in [0.4, 0.5) is 11.6 Å². The Hall–Kier alpha value is -4.41. The lowest BCUT2D eigenvalue weighted by molar-refractivity contribution is -0.113. The van der Waals surface area contributed by atoms with Crippen LogP contribution >= 0.6 is 23.2 Å². The van der Waals surface area contributed by atoms with Crippen molar-refractivity contribution >= 4 is 40.7 Å². The lowest BCUT2D eigenvalue weighted by Gasteiger charge is -2.29. The summed E-state index contributed by atoms with van der Waals surface area (Å²) >= 11 is 12.3. The maximum atomic E-state index is 13.8. The molecule has 0 fully saturated rings. The van der Waals surface area contributed by atoms with E-state index in [0.29, 0.717) is 55.9 Å². The molecule has 5 rings (SSSR count). The highest BCUT2D eigenvalue weighted by atomic mass is 35.5. The van der Waals surface area contributed by atoms with E-state index < -0.39 is 6.04 Å².